The van der Waals surface area contributed by atoms with Crippen LogP contribution >= 0.6 is 0 Å². The predicted molar refractivity (Wildman–Crippen MR) is 71.1 cm³/mol. The molecule has 10 nitrogen and oxygen atoms in total. The molecule has 6 N–H and O–H groups in total. The van der Waals surface area contributed by atoms with Gasteiger partial charge in [-0.1, -0.05) is 0 Å². The first-order valence-corrected chi connectivity index (χ1v) is 6.58. The van der Waals surface area contributed by atoms with Gasteiger partial charge in [0.2, 0.25) is 0 Å². The summed E-state index contributed by atoms with van der Waals surface area (Å²) in [5, 5.41) is 48.7. The van der Waals surface area contributed by atoms with Crippen LogP contribution in [-0.2, 0) is 4.74 Å². The lowest BCUT2D eigenvalue weighted by Crippen LogP contribution is -2.47. The van der Waals surface area contributed by atoms with Crippen LogP contribution in [0.25, 0.3) is 0 Å². The Hall–Kier alpha value is -1.56. The molecule has 0 amide bonds. The maximum atomic E-state index is 11.9. The molecule has 0 radical (unpaired) electrons. The highest BCUT2D eigenvalue weighted by atomic mass is 16.6. The second-order valence-electron chi connectivity index (χ2n) is 5.19. The van der Waals surface area contributed by atoms with Gasteiger partial charge in [-0.05, 0) is 6.92 Å². The second kappa shape index (κ2) is 6.28. The SMILES string of the molecule is Cc1cn([C@@H]2O[C@H](CO)[C@@H](O)[C@H](O)[C@@H](O)[C@H]2O)c(=O)[nH]c1=O. The molecular weight excluding hydrogens is 300 g/mol. The number of nitrogens with zero attached hydrogens (tertiary/aromatic N) is 1. The van der Waals surface area contributed by atoms with Gasteiger partial charge in [0.1, 0.15) is 30.5 Å². The van der Waals surface area contributed by atoms with Crippen LogP contribution in [0, 0.1) is 6.92 Å². The van der Waals surface area contributed by atoms with E-state index in [2.05, 4.69) is 0 Å². The maximum absolute atomic E-state index is 11.9. The summed E-state index contributed by atoms with van der Waals surface area (Å²) in [4.78, 5) is 25.2. The van der Waals surface area contributed by atoms with E-state index in [4.69, 9.17) is 4.74 Å². The molecule has 124 valence electrons. The number of ether oxygens (including phenoxy) is 1. The lowest BCUT2D eigenvalue weighted by Gasteiger charge is -2.27. The molecule has 0 aromatic carbocycles. The number of aliphatic hydroxyl groups is 5. The lowest BCUT2D eigenvalue weighted by atomic mass is 10.0. The molecule has 1 aliphatic rings. The summed E-state index contributed by atoms with van der Waals surface area (Å²) >= 11 is 0. The molecule has 1 saturated heterocycles. The van der Waals surface area contributed by atoms with Gasteiger partial charge in [-0.2, -0.15) is 0 Å². The molecule has 1 aromatic rings. The van der Waals surface area contributed by atoms with Crippen LogP contribution in [0.2, 0.25) is 0 Å². The zero-order chi connectivity index (χ0) is 16.6. The standard InChI is InChI=1S/C12H18N2O8/c1-4-2-14(12(21)13-10(4)20)11-9(19)8(18)7(17)6(16)5(3-15)22-11/h2,5-9,11,15-19H,3H2,1H3,(H,13,20,21)/t5-,6-,7+,8-,9-,11-/m1/s1. The first-order valence-electron chi connectivity index (χ1n) is 6.58. The number of H-pyrrole nitrogens is 1. The van der Waals surface area contributed by atoms with E-state index in [0.29, 0.717) is 0 Å². The molecule has 0 bridgehead atoms. The fourth-order valence-corrected chi connectivity index (χ4v) is 2.29. The minimum Gasteiger partial charge on any atom is -0.394 e. The third-order valence-corrected chi connectivity index (χ3v) is 3.64. The number of aromatic nitrogens is 2. The van der Waals surface area contributed by atoms with Crippen molar-refractivity contribution < 1.29 is 30.3 Å². The molecule has 1 fully saturated rings. The Morgan fingerprint density at radius 3 is 2.32 bits per heavy atom. The monoisotopic (exact) mass is 318 g/mol. The van der Waals surface area contributed by atoms with E-state index < -0.39 is 54.6 Å². The molecule has 0 aliphatic carbocycles. The topological polar surface area (TPSA) is 165 Å². The van der Waals surface area contributed by atoms with Gasteiger partial charge in [-0.15, -0.1) is 0 Å². The lowest BCUT2D eigenvalue weighted by molar-refractivity contribution is -0.152. The predicted octanol–water partition coefficient (Wildman–Crippen LogP) is -3.82. The van der Waals surface area contributed by atoms with Gasteiger partial charge < -0.3 is 30.3 Å². The first kappa shape index (κ1) is 16.8. The Bertz CT molecular complexity index is 639. The summed E-state index contributed by atoms with van der Waals surface area (Å²) in [5.41, 5.74) is -1.38. The van der Waals surface area contributed by atoms with Crippen LogP contribution in [0.1, 0.15) is 11.8 Å². The molecule has 22 heavy (non-hydrogen) atoms. The second-order valence-corrected chi connectivity index (χ2v) is 5.19. The number of hydrogen-bond donors (Lipinski definition) is 6. The number of rotatable bonds is 2. The fraction of sp³-hybridized carbons (Fsp3) is 0.667. The van der Waals surface area contributed by atoms with Gasteiger partial charge in [0.25, 0.3) is 5.56 Å². The summed E-state index contributed by atoms with van der Waals surface area (Å²) in [6.45, 7) is 0.701. The molecule has 1 aliphatic heterocycles. The van der Waals surface area contributed by atoms with E-state index in [9.17, 15) is 35.1 Å². The van der Waals surface area contributed by atoms with Crippen LogP contribution in [0.15, 0.2) is 15.8 Å². The molecule has 0 spiro atoms. The quantitative estimate of drug-likeness (QED) is 0.323. The van der Waals surface area contributed by atoms with Gasteiger partial charge >= 0.3 is 5.69 Å². The van der Waals surface area contributed by atoms with E-state index in [-0.39, 0.29) is 5.56 Å². The Morgan fingerprint density at radius 1 is 1.14 bits per heavy atom. The average Bonchev–Trinajstić information content (AvgIpc) is 2.56. The van der Waals surface area contributed by atoms with E-state index in [0.717, 1.165) is 10.8 Å². The van der Waals surface area contributed by atoms with Crippen molar-refractivity contribution in [3.05, 3.63) is 32.6 Å². The first-order chi connectivity index (χ1) is 10.3. The van der Waals surface area contributed by atoms with Crippen molar-refractivity contribution in [3.63, 3.8) is 0 Å². The van der Waals surface area contributed by atoms with Gasteiger partial charge in [0.05, 0.1) is 6.61 Å². The summed E-state index contributed by atoms with van der Waals surface area (Å²) in [6, 6.07) is 0. The van der Waals surface area contributed by atoms with Crippen molar-refractivity contribution in [2.75, 3.05) is 6.61 Å². The Balaban J connectivity index is 2.50. The number of hydrogen-bond acceptors (Lipinski definition) is 8. The normalized spacial score (nSPS) is 36.1. The number of aryl methyl sites for hydroxylation is 1. The van der Waals surface area contributed by atoms with Crippen molar-refractivity contribution in [1.29, 1.82) is 0 Å². The van der Waals surface area contributed by atoms with Gasteiger partial charge in [-0.25, -0.2) is 4.79 Å². The largest absolute Gasteiger partial charge is 0.394 e. The van der Waals surface area contributed by atoms with E-state index in [1.807, 2.05) is 4.98 Å². The van der Waals surface area contributed by atoms with E-state index >= 15 is 0 Å². The van der Waals surface area contributed by atoms with Crippen molar-refractivity contribution in [2.24, 2.45) is 0 Å². The summed E-state index contributed by atoms with van der Waals surface area (Å²) in [5.74, 6) is 0. The van der Waals surface area contributed by atoms with Crippen LogP contribution in [0.5, 0.6) is 0 Å². The Morgan fingerprint density at radius 2 is 1.73 bits per heavy atom. The van der Waals surface area contributed by atoms with Crippen LogP contribution in [-0.4, -0.2) is 72.2 Å². The third-order valence-electron chi connectivity index (χ3n) is 3.64. The number of aromatic amines is 1. The van der Waals surface area contributed by atoms with Gasteiger partial charge in [0.15, 0.2) is 6.23 Å². The van der Waals surface area contributed by atoms with Gasteiger partial charge in [-0.3, -0.25) is 14.3 Å². The summed E-state index contributed by atoms with van der Waals surface area (Å²) in [6.07, 6.45) is -8.79. The molecule has 10 heteroatoms. The molecule has 6 atom stereocenters. The van der Waals surface area contributed by atoms with Crippen molar-refractivity contribution in [1.82, 2.24) is 9.55 Å². The van der Waals surface area contributed by atoms with Crippen molar-refractivity contribution >= 4 is 0 Å². The van der Waals surface area contributed by atoms with Crippen LogP contribution < -0.4 is 11.2 Å². The minimum absolute atomic E-state index is 0.149. The van der Waals surface area contributed by atoms with E-state index in [1.165, 1.54) is 6.92 Å². The molecule has 2 rings (SSSR count). The third kappa shape index (κ3) is 2.84. The van der Waals surface area contributed by atoms with Crippen LogP contribution in [0.4, 0.5) is 0 Å². The summed E-state index contributed by atoms with van der Waals surface area (Å²) < 4.78 is 6.08. The van der Waals surface area contributed by atoms with Crippen molar-refractivity contribution in [3.8, 4) is 0 Å². The highest BCUT2D eigenvalue weighted by Gasteiger charge is 2.45. The smallest absolute Gasteiger partial charge is 0.330 e. The zero-order valence-corrected chi connectivity index (χ0v) is 11.7. The Labute approximate surface area is 123 Å². The Kier molecular flexibility index (Phi) is 4.80. The molecule has 2 heterocycles. The maximum Gasteiger partial charge on any atom is 0.330 e. The molecule has 0 saturated carbocycles. The van der Waals surface area contributed by atoms with E-state index in [1.54, 1.807) is 0 Å². The molecular formula is C12H18N2O8. The molecule has 0 unspecified atom stereocenters. The van der Waals surface area contributed by atoms with Crippen LogP contribution in [0.3, 0.4) is 0 Å². The highest BCUT2D eigenvalue weighted by molar-refractivity contribution is 5.03. The summed E-state index contributed by atoms with van der Waals surface area (Å²) in [7, 11) is 0. The van der Waals surface area contributed by atoms with Gasteiger partial charge in [0, 0.05) is 11.8 Å². The van der Waals surface area contributed by atoms with Crippen molar-refractivity contribution in [2.45, 2.75) is 43.7 Å². The number of aliphatic hydroxyl groups excluding tert-OH is 5. The average molecular weight is 318 g/mol. The fourth-order valence-electron chi connectivity index (χ4n) is 2.29. The minimum atomic E-state index is -1.82. The molecule has 1 aromatic heterocycles. The number of nitrogens with one attached hydrogen (secondary N) is 1. The highest BCUT2D eigenvalue weighted by Crippen LogP contribution is 2.26. The zero-order valence-electron chi connectivity index (χ0n) is 11.7.